The summed E-state index contributed by atoms with van der Waals surface area (Å²) in [5.41, 5.74) is 0. The van der Waals surface area contributed by atoms with Crippen LogP contribution in [0.2, 0.25) is 0 Å². The summed E-state index contributed by atoms with van der Waals surface area (Å²) in [4.78, 5) is 2.35. The monoisotopic (exact) mass is 226 g/mol. The third-order valence-electron chi connectivity index (χ3n) is 4.17. The van der Waals surface area contributed by atoms with Crippen molar-refractivity contribution in [2.45, 2.75) is 58.5 Å². The fourth-order valence-electron chi connectivity index (χ4n) is 2.93. The molecule has 1 fully saturated rings. The van der Waals surface area contributed by atoms with Crippen molar-refractivity contribution in [1.29, 1.82) is 0 Å². The van der Waals surface area contributed by atoms with Gasteiger partial charge in [0.1, 0.15) is 0 Å². The van der Waals surface area contributed by atoms with E-state index in [1.165, 1.54) is 25.7 Å². The van der Waals surface area contributed by atoms with Gasteiger partial charge in [-0.3, -0.25) is 0 Å². The average molecular weight is 226 g/mol. The topological polar surface area (TPSA) is 15.3 Å². The molecule has 0 amide bonds. The van der Waals surface area contributed by atoms with Gasteiger partial charge in [-0.1, -0.05) is 27.2 Å². The number of rotatable bonds is 6. The highest BCUT2D eigenvalue weighted by molar-refractivity contribution is 4.82. The zero-order valence-corrected chi connectivity index (χ0v) is 11.8. The second-order valence-electron chi connectivity index (χ2n) is 5.97. The van der Waals surface area contributed by atoms with E-state index in [1.807, 2.05) is 0 Å². The van der Waals surface area contributed by atoms with Crippen LogP contribution in [0, 0.1) is 11.8 Å². The molecule has 0 heterocycles. The van der Waals surface area contributed by atoms with Crippen molar-refractivity contribution in [2.75, 3.05) is 20.6 Å². The quantitative estimate of drug-likeness (QED) is 0.749. The van der Waals surface area contributed by atoms with Crippen molar-refractivity contribution in [3.63, 3.8) is 0 Å². The lowest BCUT2D eigenvalue weighted by atomic mass is 10.0. The smallest absolute Gasteiger partial charge is 0.0237 e. The Balaban J connectivity index is 2.28. The molecule has 96 valence electrons. The molecule has 1 aliphatic carbocycles. The van der Waals surface area contributed by atoms with Gasteiger partial charge >= 0.3 is 0 Å². The molecule has 0 aromatic carbocycles. The van der Waals surface area contributed by atoms with Gasteiger partial charge in [-0.2, -0.15) is 0 Å². The Hall–Kier alpha value is -0.0800. The highest BCUT2D eigenvalue weighted by atomic mass is 15.1. The van der Waals surface area contributed by atoms with Crippen LogP contribution in [-0.2, 0) is 0 Å². The molecule has 0 spiro atoms. The Morgan fingerprint density at radius 1 is 1.25 bits per heavy atom. The Kier molecular flexibility index (Phi) is 5.77. The molecule has 2 heteroatoms. The van der Waals surface area contributed by atoms with Crippen molar-refractivity contribution >= 4 is 0 Å². The number of nitrogens with one attached hydrogen (secondary N) is 1. The van der Waals surface area contributed by atoms with Gasteiger partial charge in [0.05, 0.1) is 0 Å². The Morgan fingerprint density at radius 2 is 1.94 bits per heavy atom. The largest absolute Gasteiger partial charge is 0.312 e. The van der Waals surface area contributed by atoms with Crippen molar-refractivity contribution < 1.29 is 0 Å². The van der Waals surface area contributed by atoms with Gasteiger partial charge in [-0.25, -0.2) is 0 Å². The van der Waals surface area contributed by atoms with E-state index in [0.29, 0.717) is 6.04 Å². The third-order valence-corrected chi connectivity index (χ3v) is 4.17. The van der Waals surface area contributed by atoms with E-state index in [1.54, 1.807) is 0 Å². The molecule has 3 atom stereocenters. The Morgan fingerprint density at radius 3 is 2.38 bits per heavy atom. The SMILES string of the molecule is CCC1CCC(NCC(C(C)C)N(C)C)C1. The second-order valence-corrected chi connectivity index (χ2v) is 5.97. The minimum absolute atomic E-state index is 0.667. The van der Waals surface area contributed by atoms with Crippen LogP contribution in [0.1, 0.15) is 46.5 Å². The maximum Gasteiger partial charge on any atom is 0.0237 e. The van der Waals surface area contributed by atoms with Crippen molar-refractivity contribution in [2.24, 2.45) is 11.8 Å². The molecule has 2 nitrogen and oxygen atoms in total. The van der Waals surface area contributed by atoms with Crippen LogP contribution in [0.3, 0.4) is 0 Å². The van der Waals surface area contributed by atoms with Crippen LogP contribution >= 0.6 is 0 Å². The van der Waals surface area contributed by atoms with E-state index < -0.39 is 0 Å². The zero-order chi connectivity index (χ0) is 12.1. The molecule has 1 N–H and O–H groups in total. The van der Waals surface area contributed by atoms with Crippen molar-refractivity contribution in [3.05, 3.63) is 0 Å². The summed E-state index contributed by atoms with van der Waals surface area (Å²) in [7, 11) is 4.38. The lowest BCUT2D eigenvalue weighted by Gasteiger charge is -2.29. The molecule has 1 aliphatic rings. The van der Waals surface area contributed by atoms with Crippen LogP contribution < -0.4 is 5.32 Å². The van der Waals surface area contributed by atoms with E-state index in [-0.39, 0.29) is 0 Å². The van der Waals surface area contributed by atoms with Crippen LogP contribution in [-0.4, -0.2) is 37.6 Å². The molecule has 0 bridgehead atoms. The van der Waals surface area contributed by atoms with E-state index in [0.717, 1.165) is 24.4 Å². The molecule has 0 saturated heterocycles. The number of likely N-dealkylation sites (N-methyl/N-ethyl adjacent to an activating group) is 1. The van der Waals surface area contributed by atoms with Gasteiger partial charge in [-0.05, 0) is 45.2 Å². The summed E-state index contributed by atoms with van der Waals surface area (Å²) in [5, 5.41) is 3.77. The van der Waals surface area contributed by atoms with Gasteiger partial charge in [0.2, 0.25) is 0 Å². The average Bonchev–Trinajstić information content (AvgIpc) is 2.65. The summed E-state index contributed by atoms with van der Waals surface area (Å²) in [6.45, 7) is 8.10. The molecule has 1 rings (SSSR count). The van der Waals surface area contributed by atoms with Crippen LogP contribution in [0.4, 0.5) is 0 Å². The minimum Gasteiger partial charge on any atom is -0.312 e. The highest BCUT2D eigenvalue weighted by Gasteiger charge is 2.24. The van der Waals surface area contributed by atoms with Gasteiger partial charge in [-0.15, -0.1) is 0 Å². The van der Waals surface area contributed by atoms with E-state index in [4.69, 9.17) is 0 Å². The summed E-state index contributed by atoms with van der Waals surface area (Å²) in [6, 6.07) is 1.45. The predicted molar refractivity (Wildman–Crippen MR) is 71.7 cm³/mol. The van der Waals surface area contributed by atoms with Gasteiger partial charge < -0.3 is 10.2 Å². The van der Waals surface area contributed by atoms with Gasteiger partial charge in [0.25, 0.3) is 0 Å². The maximum absolute atomic E-state index is 3.77. The van der Waals surface area contributed by atoms with Gasteiger partial charge in [0.15, 0.2) is 0 Å². The summed E-state index contributed by atoms with van der Waals surface area (Å²) in [5.74, 6) is 1.71. The lowest BCUT2D eigenvalue weighted by Crippen LogP contribution is -2.44. The summed E-state index contributed by atoms with van der Waals surface area (Å²) >= 11 is 0. The van der Waals surface area contributed by atoms with Gasteiger partial charge in [0, 0.05) is 18.6 Å². The van der Waals surface area contributed by atoms with Crippen LogP contribution in [0.5, 0.6) is 0 Å². The lowest BCUT2D eigenvalue weighted by molar-refractivity contribution is 0.218. The van der Waals surface area contributed by atoms with E-state index in [2.05, 4.69) is 45.1 Å². The highest BCUT2D eigenvalue weighted by Crippen LogP contribution is 2.27. The first-order valence-electron chi connectivity index (χ1n) is 6.94. The number of nitrogens with zero attached hydrogens (tertiary/aromatic N) is 1. The number of hydrogen-bond acceptors (Lipinski definition) is 2. The normalized spacial score (nSPS) is 27.9. The second kappa shape index (κ2) is 6.61. The zero-order valence-electron chi connectivity index (χ0n) is 11.8. The summed E-state index contributed by atoms with van der Waals surface area (Å²) in [6.07, 6.45) is 5.58. The minimum atomic E-state index is 0.667. The molecule has 16 heavy (non-hydrogen) atoms. The molecule has 0 radical (unpaired) electrons. The predicted octanol–water partition coefficient (Wildman–Crippen LogP) is 2.74. The molecule has 0 aliphatic heterocycles. The number of hydrogen-bond donors (Lipinski definition) is 1. The Bertz CT molecular complexity index is 181. The first-order chi connectivity index (χ1) is 7.54. The Labute approximate surface area is 102 Å². The van der Waals surface area contributed by atoms with Crippen molar-refractivity contribution in [3.8, 4) is 0 Å². The fraction of sp³-hybridized carbons (Fsp3) is 1.00. The van der Waals surface area contributed by atoms with E-state index >= 15 is 0 Å². The van der Waals surface area contributed by atoms with Crippen LogP contribution in [0.15, 0.2) is 0 Å². The third kappa shape index (κ3) is 4.06. The van der Waals surface area contributed by atoms with Crippen LogP contribution in [0.25, 0.3) is 0 Å². The first kappa shape index (κ1) is 14.0. The molecule has 0 aromatic rings. The molecule has 3 unspecified atom stereocenters. The summed E-state index contributed by atoms with van der Waals surface area (Å²) < 4.78 is 0. The molecular formula is C14H30N2. The maximum atomic E-state index is 3.77. The molecule has 0 aromatic heterocycles. The van der Waals surface area contributed by atoms with Crippen molar-refractivity contribution in [1.82, 2.24) is 10.2 Å². The van der Waals surface area contributed by atoms with E-state index in [9.17, 15) is 0 Å². The standard InChI is InChI=1S/C14H30N2/c1-6-12-7-8-13(9-12)15-10-14(11(2)3)16(4)5/h11-15H,6-10H2,1-5H3. The molecular weight excluding hydrogens is 196 g/mol. The first-order valence-corrected chi connectivity index (χ1v) is 6.94. The molecule has 1 saturated carbocycles. The fourth-order valence-corrected chi connectivity index (χ4v) is 2.93.